The number of rotatable bonds is 10. The number of hydrogen-bond acceptors (Lipinski definition) is 6. The first-order chi connectivity index (χ1) is 10.7. The zero-order valence-corrected chi connectivity index (χ0v) is 12.3. The SMILES string of the molecule is CCOC(=O)CC(NC(=O)NC(CCC(=O)O)C(=O)O)C(=O)O. The zero-order valence-electron chi connectivity index (χ0n) is 12.3. The number of hydrogen-bond donors (Lipinski definition) is 5. The molecule has 0 heterocycles. The first-order valence-corrected chi connectivity index (χ1v) is 6.57. The summed E-state index contributed by atoms with van der Waals surface area (Å²) < 4.78 is 4.55. The van der Waals surface area contributed by atoms with Crippen LogP contribution in [0.3, 0.4) is 0 Å². The number of nitrogens with one attached hydrogen (secondary N) is 2. The van der Waals surface area contributed by atoms with Gasteiger partial charge in [0.25, 0.3) is 0 Å². The molecule has 0 bridgehead atoms. The maximum absolute atomic E-state index is 11.6. The Morgan fingerprint density at radius 2 is 1.48 bits per heavy atom. The van der Waals surface area contributed by atoms with Gasteiger partial charge in [-0.25, -0.2) is 14.4 Å². The summed E-state index contributed by atoms with van der Waals surface area (Å²) in [6.07, 6.45) is -1.51. The average molecular weight is 334 g/mol. The third-order valence-corrected chi connectivity index (χ3v) is 2.53. The second-order valence-electron chi connectivity index (χ2n) is 4.34. The van der Waals surface area contributed by atoms with Crippen molar-refractivity contribution in [3.05, 3.63) is 0 Å². The van der Waals surface area contributed by atoms with E-state index in [4.69, 9.17) is 15.3 Å². The van der Waals surface area contributed by atoms with E-state index in [0.717, 1.165) is 0 Å². The van der Waals surface area contributed by atoms with Crippen LogP contribution in [0.4, 0.5) is 4.79 Å². The van der Waals surface area contributed by atoms with Crippen LogP contribution >= 0.6 is 0 Å². The van der Waals surface area contributed by atoms with E-state index < -0.39 is 54.8 Å². The van der Waals surface area contributed by atoms with Crippen LogP contribution in [-0.4, -0.2) is 63.9 Å². The molecule has 0 saturated carbocycles. The standard InChI is InChI=1S/C12H18N2O9/c1-2-23-9(17)5-7(11(20)21)14-12(22)13-6(10(18)19)3-4-8(15)16/h6-7H,2-5H2,1H3,(H,15,16)(H,18,19)(H,20,21)(H2,13,14,22). The van der Waals surface area contributed by atoms with Crippen LogP contribution in [0.15, 0.2) is 0 Å². The van der Waals surface area contributed by atoms with E-state index in [9.17, 15) is 24.0 Å². The summed E-state index contributed by atoms with van der Waals surface area (Å²) >= 11 is 0. The Bertz CT molecular complexity index is 477. The Kier molecular flexibility index (Phi) is 8.74. The van der Waals surface area contributed by atoms with Crippen molar-refractivity contribution in [3.63, 3.8) is 0 Å². The number of ether oxygens (including phenoxy) is 1. The van der Waals surface area contributed by atoms with Gasteiger partial charge in [0.1, 0.15) is 12.1 Å². The fourth-order valence-electron chi connectivity index (χ4n) is 1.47. The topological polar surface area (TPSA) is 179 Å². The molecule has 130 valence electrons. The second kappa shape index (κ2) is 9.97. The molecule has 0 spiro atoms. The summed E-state index contributed by atoms with van der Waals surface area (Å²) in [6, 6.07) is -4.27. The minimum atomic E-state index is -1.61. The molecule has 11 nitrogen and oxygen atoms in total. The highest BCUT2D eigenvalue weighted by molar-refractivity contribution is 5.88. The van der Waals surface area contributed by atoms with Crippen LogP contribution in [0, 0.1) is 0 Å². The highest BCUT2D eigenvalue weighted by Gasteiger charge is 2.26. The molecule has 0 radical (unpaired) electrons. The van der Waals surface area contributed by atoms with E-state index in [1.807, 2.05) is 10.6 Å². The molecule has 23 heavy (non-hydrogen) atoms. The molecule has 0 aliphatic carbocycles. The molecule has 2 amide bonds. The van der Waals surface area contributed by atoms with Gasteiger partial charge >= 0.3 is 29.9 Å². The molecule has 0 saturated heterocycles. The Morgan fingerprint density at radius 3 is 1.91 bits per heavy atom. The van der Waals surface area contributed by atoms with Crippen molar-refractivity contribution in [2.75, 3.05) is 6.61 Å². The zero-order chi connectivity index (χ0) is 18.0. The molecule has 0 aliphatic rings. The third-order valence-electron chi connectivity index (χ3n) is 2.53. The lowest BCUT2D eigenvalue weighted by Crippen LogP contribution is -2.51. The van der Waals surface area contributed by atoms with E-state index in [-0.39, 0.29) is 13.0 Å². The maximum atomic E-state index is 11.6. The third kappa shape index (κ3) is 8.90. The molecule has 5 N–H and O–H groups in total. The number of urea groups is 1. The molecular formula is C12H18N2O9. The van der Waals surface area contributed by atoms with Crippen molar-refractivity contribution >= 4 is 29.9 Å². The van der Waals surface area contributed by atoms with Gasteiger partial charge in [-0.15, -0.1) is 0 Å². The predicted octanol–water partition coefficient (Wildman–Crippen LogP) is -0.990. The van der Waals surface area contributed by atoms with Crippen molar-refractivity contribution < 1.29 is 44.0 Å². The van der Waals surface area contributed by atoms with Crippen LogP contribution in [0.1, 0.15) is 26.2 Å². The number of aliphatic carboxylic acids is 3. The van der Waals surface area contributed by atoms with Crippen molar-refractivity contribution in [1.29, 1.82) is 0 Å². The van der Waals surface area contributed by atoms with Gasteiger partial charge in [-0.05, 0) is 13.3 Å². The molecule has 0 fully saturated rings. The van der Waals surface area contributed by atoms with Gasteiger partial charge in [0.05, 0.1) is 13.0 Å². The average Bonchev–Trinajstić information content (AvgIpc) is 2.42. The second-order valence-corrected chi connectivity index (χ2v) is 4.34. The van der Waals surface area contributed by atoms with E-state index in [1.54, 1.807) is 0 Å². The van der Waals surface area contributed by atoms with Gasteiger partial charge in [-0.2, -0.15) is 0 Å². The Hall–Kier alpha value is -2.85. The smallest absolute Gasteiger partial charge is 0.326 e. The normalized spacial score (nSPS) is 12.6. The molecule has 0 rings (SSSR count). The number of carbonyl (C=O) groups excluding carboxylic acids is 2. The Labute approximate surface area is 130 Å². The fraction of sp³-hybridized carbons (Fsp3) is 0.583. The summed E-state index contributed by atoms with van der Waals surface area (Å²) in [7, 11) is 0. The van der Waals surface area contributed by atoms with E-state index >= 15 is 0 Å². The molecule has 2 unspecified atom stereocenters. The van der Waals surface area contributed by atoms with Gasteiger partial charge in [0.15, 0.2) is 0 Å². The highest BCUT2D eigenvalue weighted by Crippen LogP contribution is 2.00. The number of carboxylic acid groups (broad SMARTS) is 3. The van der Waals surface area contributed by atoms with Crippen molar-refractivity contribution in [3.8, 4) is 0 Å². The largest absolute Gasteiger partial charge is 0.481 e. The van der Waals surface area contributed by atoms with Gasteiger partial charge in [0.2, 0.25) is 0 Å². The number of carboxylic acids is 3. The summed E-state index contributed by atoms with van der Waals surface area (Å²) in [5.41, 5.74) is 0. The number of esters is 1. The maximum Gasteiger partial charge on any atom is 0.326 e. The molecule has 0 aromatic carbocycles. The quantitative estimate of drug-likeness (QED) is 0.313. The molecule has 0 aromatic heterocycles. The van der Waals surface area contributed by atoms with Crippen LogP contribution in [0.25, 0.3) is 0 Å². The Morgan fingerprint density at radius 1 is 0.957 bits per heavy atom. The first kappa shape index (κ1) is 20.1. The minimum Gasteiger partial charge on any atom is -0.481 e. The van der Waals surface area contributed by atoms with Crippen molar-refractivity contribution in [2.45, 2.75) is 38.3 Å². The molecule has 0 aromatic rings. The Balaban J connectivity index is 4.65. The van der Waals surface area contributed by atoms with E-state index in [2.05, 4.69) is 4.74 Å². The summed E-state index contributed by atoms with van der Waals surface area (Å²) in [5.74, 6) is -5.07. The monoisotopic (exact) mass is 334 g/mol. The van der Waals surface area contributed by atoms with Crippen LogP contribution in [0.2, 0.25) is 0 Å². The molecule has 2 atom stereocenters. The number of amides is 2. The first-order valence-electron chi connectivity index (χ1n) is 6.57. The highest BCUT2D eigenvalue weighted by atomic mass is 16.5. The van der Waals surface area contributed by atoms with Crippen molar-refractivity contribution in [1.82, 2.24) is 10.6 Å². The lowest BCUT2D eigenvalue weighted by molar-refractivity contribution is -0.149. The van der Waals surface area contributed by atoms with Crippen LogP contribution in [-0.2, 0) is 23.9 Å². The summed E-state index contributed by atoms with van der Waals surface area (Å²) in [5, 5.41) is 30.1. The lowest BCUT2D eigenvalue weighted by Gasteiger charge is -2.17. The fourth-order valence-corrected chi connectivity index (χ4v) is 1.47. The number of carbonyl (C=O) groups is 5. The van der Waals surface area contributed by atoms with E-state index in [0.29, 0.717) is 0 Å². The van der Waals surface area contributed by atoms with Crippen LogP contribution in [0.5, 0.6) is 0 Å². The predicted molar refractivity (Wildman–Crippen MR) is 72.6 cm³/mol. The van der Waals surface area contributed by atoms with Crippen LogP contribution < -0.4 is 10.6 Å². The molecular weight excluding hydrogens is 316 g/mol. The lowest BCUT2D eigenvalue weighted by atomic mass is 10.1. The molecule has 0 aliphatic heterocycles. The summed E-state index contributed by atoms with van der Waals surface area (Å²) in [6.45, 7) is 1.56. The van der Waals surface area contributed by atoms with E-state index in [1.165, 1.54) is 6.92 Å². The molecule has 11 heteroatoms. The van der Waals surface area contributed by atoms with Gasteiger partial charge in [0, 0.05) is 6.42 Å². The van der Waals surface area contributed by atoms with Gasteiger partial charge < -0.3 is 30.7 Å². The summed E-state index contributed by atoms with van der Waals surface area (Å²) in [4.78, 5) is 55.1. The minimum absolute atomic E-state index is 0.0354. The van der Waals surface area contributed by atoms with Crippen molar-refractivity contribution in [2.24, 2.45) is 0 Å². The van der Waals surface area contributed by atoms with Gasteiger partial charge in [-0.1, -0.05) is 0 Å². The van der Waals surface area contributed by atoms with Gasteiger partial charge in [-0.3, -0.25) is 9.59 Å².